The monoisotopic (exact) mass is 370 g/mol. The number of hydrogen-bond donors (Lipinski definition) is 0. The summed E-state index contributed by atoms with van der Waals surface area (Å²) in [6.07, 6.45) is 7.94. The van der Waals surface area contributed by atoms with E-state index >= 15 is 0 Å². The zero-order chi connectivity index (χ0) is 18.7. The first kappa shape index (κ1) is 19.3. The van der Waals surface area contributed by atoms with E-state index in [1.54, 1.807) is 5.56 Å². The summed E-state index contributed by atoms with van der Waals surface area (Å²) in [4.78, 5) is 5.35. The molecule has 1 aromatic rings. The molecule has 3 nitrogen and oxygen atoms in total. The molecular weight excluding hydrogens is 332 g/mol. The molecule has 0 bridgehead atoms. The maximum absolute atomic E-state index is 5.52. The Morgan fingerprint density at radius 3 is 2.30 bits per heavy atom. The quantitative estimate of drug-likeness (QED) is 0.748. The standard InChI is InChI=1S/C24H38N2O/c1-24(2)11-7-21(8-12-24)22-5-3-4-6-23(22)26-15-13-25(14-16-26)19-20-9-17-27-18-10-20/h3-6,20-21H,7-19H2,1-2H3. The molecule has 1 aliphatic carbocycles. The first-order valence-electron chi connectivity index (χ1n) is 11.2. The molecule has 3 fully saturated rings. The molecule has 1 aromatic carbocycles. The molecule has 27 heavy (non-hydrogen) atoms. The lowest BCUT2D eigenvalue weighted by Crippen LogP contribution is -2.48. The topological polar surface area (TPSA) is 15.7 Å². The van der Waals surface area contributed by atoms with Crippen molar-refractivity contribution in [1.82, 2.24) is 4.90 Å². The SMILES string of the molecule is CC1(C)CCC(c2ccccc2N2CCN(CC3CCOCC3)CC2)CC1. The second kappa shape index (κ2) is 8.53. The van der Waals surface area contributed by atoms with Gasteiger partial charge in [-0.25, -0.2) is 0 Å². The van der Waals surface area contributed by atoms with Crippen LogP contribution in [0, 0.1) is 11.3 Å². The molecule has 0 atom stereocenters. The third-order valence-electron chi connectivity index (χ3n) is 7.29. The van der Waals surface area contributed by atoms with Crippen LogP contribution in [0.3, 0.4) is 0 Å². The third-order valence-corrected chi connectivity index (χ3v) is 7.29. The van der Waals surface area contributed by atoms with Gasteiger partial charge >= 0.3 is 0 Å². The van der Waals surface area contributed by atoms with E-state index in [0.717, 1.165) is 25.0 Å². The van der Waals surface area contributed by atoms with Gasteiger partial charge in [0.25, 0.3) is 0 Å². The van der Waals surface area contributed by atoms with Gasteiger partial charge in [0.1, 0.15) is 0 Å². The lowest BCUT2D eigenvalue weighted by Gasteiger charge is -2.40. The first-order chi connectivity index (χ1) is 13.1. The molecule has 4 rings (SSSR count). The van der Waals surface area contributed by atoms with Crippen LogP contribution in [0.15, 0.2) is 24.3 Å². The average molecular weight is 371 g/mol. The summed E-state index contributed by atoms with van der Waals surface area (Å²) >= 11 is 0. The Morgan fingerprint density at radius 2 is 1.59 bits per heavy atom. The number of anilines is 1. The highest BCUT2D eigenvalue weighted by atomic mass is 16.5. The normalized spacial score (nSPS) is 25.6. The van der Waals surface area contributed by atoms with Crippen molar-refractivity contribution in [1.29, 1.82) is 0 Å². The number of rotatable bonds is 4. The Morgan fingerprint density at radius 1 is 0.926 bits per heavy atom. The van der Waals surface area contributed by atoms with Crippen molar-refractivity contribution in [3.63, 3.8) is 0 Å². The van der Waals surface area contributed by atoms with Crippen molar-refractivity contribution in [3.05, 3.63) is 29.8 Å². The molecule has 0 unspecified atom stereocenters. The van der Waals surface area contributed by atoms with E-state index < -0.39 is 0 Å². The van der Waals surface area contributed by atoms with Gasteiger partial charge in [-0.15, -0.1) is 0 Å². The van der Waals surface area contributed by atoms with Crippen molar-refractivity contribution in [2.24, 2.45) is 11.3 Å². The van der Waals surface area contributed by atoms with E-state index in [0.29, 0.717) is 5.41 Å². The molecule has 150 valence electrons. The van der Waals surface area contributed by atoms with E-state index in [4.69, 9.17) is 4.74 Å². The Bertz CT molecular complexity index is 590. The number of hydrogen-bond acceptors (Lipinski definition) is 3. The first-order valence-corrected chi connectivity index (χ1v) is 11.2. The molecule has 0 N–H and O–H groups in total. The molecule has 3 aliphatic rings. The fourth-order valence-electron chi connectivity index (χ4n) is 5.30. The van der Waals surface area contributed by atoms with Crippen molar-refractivity contribution >= 4 is 5.69 Å². The molecule has 2 saturated heterocycles. The minimum atomic E-state index is 0.543. The van der Waals surface area contributed by atoms with Gasteiger partial charge in [0.15, 0.2) is 0 Å². The van der Waals surface area contributed by atoms with Crippen LogP contribution in [0.25, 0.3) is 0 Å². The van der Waals surface area contributed by atoms with Gasteiger partial charge in [0.05, 0.1) is 0 Å². The summed E-state index contributed by atoms with van der Waals surface area (Å²) in [5, 5.41) is 0. The predicted octanol–water partition coefficient (Wildman–Crippen LogP) is 4.92. The van der Waals surface area contributed by atoms with Gasteiger partial charge in [0.2, 0.25) is 0 Å². The zero-order valence-corrected chi connectivity index (χ0v) is 17.5. The lowest BCUT2D eigenvalue weighted by atomic mass is 9.71. The summed E-state index contributed by atoms with van der Waals surface area (Å²) in [7, 11) is 0. The minimum absolute atomic E-state index is 0.543. The second-order valence-electron chi connectivity index (χ2n) is 9.84. The van der Waals surface area contributed by atoms with Gasteiger partial charge in [0, 0.05) is 51.6 Å². The molecule has 0 amide bonds. The Labute approximate surface area is 166 Å². The second-order valence-corrected chi connectivity index (χ2v) is 9.84. The van der Waals surface area contributed by atoms with Gasteiger partial charge in [-0.1, -0.05) is 32.0 Å². The van der Waals surface area contributed by atoms with Crippen LogP contribution in [0.5, 0.6) is 0 Å². The minimum Gasteiger partial charge on any atom is -0.381 e. The highest BCUT2D eigenvalue weighted by Crippen LogP contribution is 2.44. The van der Waals surface area contributed by atoms with Gasteiger partial charge in [-0.05, 0) is 67.4 Å². The maximum atomic E-state index is 5.52. The molecule has 0 aromatic heterocycles. The van der Waals surface area contributed by atoms with Crippen LogP contribution in [0.4, 0.5) is 5.69 Å². The molecule has 0 spiro atoms. The van der Waals surface area contributed by atoms with Crippen LogP contribution in [0.2, 0.25) is 0 Å². The summed E-state index contributed by atoms with van der Waals surface area (Å²) in [6.45, 7) is 12.9. The molecule has 2 aliphatic heterocycles. The molecule has 0 radical (unpaired) electrons. The van der Waals surface area contributed by atoms with Crippen molar-refractivity contribution in [3.8, 4) is 0 Å². The fraction of sp³-hybridized carbons (Fsp3) is 0.750. The van der Waals surface area contributed by atoms with Gasteiger partial charge in [-0.3, -0.25) is 4.90 Å². The predicted molar refractivity (Wildman–Crippen MR) is 114 cm³/mol. The van der Waals surface area contributed by atoms with E-state index in [2.05, 4.69) is 47.9 Å². The molecule has 1 saturated carbocycles. The summed E-state index contributed by atoms with van der Waals surface area (Å²) in [5.41, 5.74) is 3.68. The van der Waals surface area contributed by atoms with Crippen molar-refractivity contribution in [2.75, 3.05) is 50.8 Å². The Kier molecular flexibility index (Phi) is 6.08. The van der Waals surface area contributed by atoms with Crippen molar-refractivity contribution < 1.29 is 4.74 Å². The van der Waals surface area contributed by atoms with Crippen LogP contribution in [0.1, 0.15) is 63.9 Å². The van der Waals surface area contributed by atoms with Crippen molar-refractivity contribution in [2.45, 2.75) is 58.3 Å². The largest absolute Gasteiger partial charge is 0.381 e. The van der Waals surface area contributed by atoms with Crippen LogP contribution in [-0.4, -0.2) is 50.8 Å². The maximum Gasteiger partial charge on any atom is 0.0469 e. The number of piperazine rings is 1. The number of para-hydroxylation sites is 1. The summed E-state index contributed by atoms with van der Waals surface area (Å²) in [5.74, 6) is 1.61. The highest BCUT2D eigenvalue weighted by Gasteiger charge is 2.30. The fourth-order valence-corrected chi connectivity index (χ4v) is 5.30. The smallest absolute Gasteiger partial charge is 0.0469 e. The Balaban J connectivity index is 1.36. The Hall–Kier alpha value is -1.06. The molecular formula is C24H38N2O. The third kappa shape index (κ3) is 4.86. The van der Waals surface area contributed by atoms with Gasteiger partial charge < -0.3 is 9.64 Å². The van der Waals surface area contributed by atoms with E-state index in [-0.39, 0.29) is 0 Å². The van der Waals surface area contributed by atoms with Crippen LogP contribution < -0.4 is 4.90 Å². The summed E-state index contributed by atoms with van der Waals surface area (Å²) in [6, 6.07) is 9.27. The highest BCUT2D eigenvalue weighted by molar-refractivity contribution is 5.55. The molecule has 3 heteroatoms. The van der Waals surface area contributed by atoms with Crippen LogP contribution >= 0.6 is 0 Å². The van der Waals surface area contributed by atoms with Crippen LogP contribution in [-0.2, 0) is 4.74 Å². The van der Waals surface area contributed by atoms with E-state index in [1.165, 1.54) is 76.9 Å². The zero-order valence-electron chi connectivity index (χ0n) is 17.5. The van der Waals surface area contributed by atoms with E-state index in [9.17, 15) is 0 Å². The van der Waals surface area contributed by atoms with Gasteiger partial charge in [-0.2, -0.15) is 0 Å². The average Bonchev–Trinajstić information content (AvgIpc) is 2.70. The number of benzene rings is 1. The number of ether oxygens (including phenoxy) is 1. The summed E-state index contributed by atoms with van der Waals surface area (Å²) < 4.78 is 5.52. The van der Waals surface area contributed by atoms with E-state index in [1.807, 2.05) is 0 Å². The molecule has 2 heterocycles. The number of nitrogens with zero attached hydrogens (tertiary/aromatic N) is 2. The lowest BCUT2D eigenvalue weighted by molar-refractivity contribution is 0.0517.